The van der Waals surface area contributed by atoms with Gasteiger partial charge in [-0.05, 0) is 60.4 Å². The van der Waals surface area contributed by atoms with Gasteiger partial charge in [0, 0.05) is 23.4 Å². The smallest absolute Gasteiger partial charge is 0.411 e. The number of halogens is 3. The van der Waals surface area contributed by atoms with Crippen LogP contribution in [0.1, 0.15) is 69.6 Å². The molecule has 1 saturated carbocycles. The average Bonchev–Trinajstić information content (AvgIpc) is 3.43. The lowest BCUT2D eigenvalue weighted by Crippen LogP contribution is -2.49. The lowest BCUT2D eigenvalue weighted by molar-refractivity contribution is -0.135. The van der Waals surface area contributed by atoms with Crippen molar-refractivity contribution in [1.29, 1.82) is 0 Å². The number of carbonyl (C=O) groups excluding carboxylic acids is 2. The fraction of sp³-hybridized carbons (Fsp3) is 0.382. The van der Waals surface area contributed by atoms with Crippen molar-refractivity contribution in [2.45, 2.75) is 71.1 Å². The van der Waals surface area contributed by atoms with Crippen LogP contribution in [0, 0.1) is 12.3 Å². The molecule has 2 aromatic heterocycles. The molecule has 1 aliphatic carbocycles. The number of guanidine groups is 1. The Balaban J connectivity index is 1.45. The number of carbonyl (C=O) groups is 3. The van der Waals surface area contributed by atoms with Gasteiger partial charge in [-0.15, -0.1) is 0 Å². The normalized spacial score (nSPS) is 18.2. The molecule has 0 radical (unpaired) electrons. The van der Waals surface area contributed by atoms with Crippen molar-refractivity contribution in [3.8, 4) is 22.5 Å². The van der Waals surface area contributed by atoms with Gasteiger partial charge in [-0.3, -0.25) is 20.1 Å². The van der Waals surface area contributed by atoms with E-state index in [-0.39, 0.29) is 30.9 Å². The molecule has 268 valence electrons. The van der Waals surface area contributed by atoms with Crippen molar-refractivity contribution in [2.24, 2.45) is 10.4 Å². The highest BCUT2D eigenvalue weighted by molar-refractivity contribution is 6.33. The molecule has 0 spiro atoms. The van der Waals surface area contributed by atoms with E-state index in [4.69, 9.17) is 21.3 Å². The van der Waals surface area contributed by atoms with Crippen molar-refractivity contribution in [2.75, 3.05) is 6.61 Å². The molecule has 2 atom stereocenters. The number of aromatic amines is 1. The van der Waals surface area contributed by atoms with Gasteiger partial charge in [-0.2, -0.15) is 19.0 Å². The molecule has 2 aromatic carbocycles. The molecule has 14 nitrogen and oxygen atoms in total. The molecule has 6 rings (SSSR count). The molecule has 1 fully saturated rings. The summed E-state index contributed by atoms with van der Waals surface area (Å²) in [5.74, 6) is -0.0304. The van der Waals surface area contributed by atoms with Crippen LogP contribution in [0.25, 0.3) is 22.5 Å². The van der Waals surface area contributed by atoms with Crippen molar-refractivity contribution in [3.05, 3.63) is 76.8 Å². The fourth-order valence-electron chi connectivity index (χ4n) is 6.05. The molecule has 0 saturated heterocycles. The molecule has 1 aliphatic heterocycles. The lowest BCUT2D eigenvalue weighted by Gasteiger charge is -2.35. The van der Waals surface area contributed by atoms with E-state index in [0.29, 0.717) is 43.3 Å². The minimum atomic E-state index is -2.81. The number of aryl methyl sites for hydroxylation is 1. The van der Waals surface area contributed by atoms with E-state index in [9.17, 15) is 23.5 Å². The number of ether oxygens (including phenoxy) is 1. The van der Waals surface area contributed by atoms with Gasteiger partial charge in [0.05, 0.1) is 17.3 Å². The summed E-state index contributed by atoms with van der Waals surface area (Å²) in [6.07, 6.45) is 2.15. The molecular weight excluding hydrogens is 688 g/mol. The van der Waals surface area contributed by atoms with Gasteiger partial charge in [-0.1, -0.05) is 62.7 Å². The van der Waals surface area contributed by atoms with Crippen LogP contribution in [-0.2, 0) is 15.1 Å². The second-order valence-corrected chi connectivity index (χ2v) is 14.1. The molecule has 17 heteroatoms. The van der Waals surface area contributed by atoms with E-state index in [0.717, 1.165) is 12.8 Å². The van der Waals surface area contributed by atoms with Gasteiger partial charge in [0.15, 0.2) is 11.4 Å². The SMILES string of the molecule is Cc1nc(-c2cc(C(COC(=O)NC3CC3)N3C(=O)[C@@](CC(C)(C)C)(c4ccc(-c5cnn(C(F)F)c5)cc4)N=C3NC(=O)O)ccc2Cl)n[nH]1. The predicted octanol–water partition coefficient (Wildman–Crippen LogP) is 6.42. The topological polar surface area (TPSA) is 180 Å². The Labute approximate surface area is 296 Å². The highest BCUT2D eigenvalue weighted by atomic mass is 35.5. The van der Waals surface area contributed by atoms with Crippen LogP contribution < -0.4 is 10.6 Å². The Hall–Kier alpha value is -5.38. The quantitative estimate of drug-likeness (QED) is 0.145. The van der Waals surface area contributed by atoms with Crippen LogP contribution in [0.15, 0.2) is 59.9 Å². The summed E-state index contributed by atoms with van der Waals surface area (Å²) in [7, 11) is 0. The van der Waals surface area contributed by atoms with Gasteiger partial charge in [0.25, 0.3) is 5.91 Å². The van der Waals surface area contributed by atoms with Crippen LogP contribution >= 0.6 is 11.6 Å². The zero-order chi connectivity index (χ0) is 36.7. The Morgan fingerprint density at radius 1 is 1.16 bits per heavy atom. The van der Waals surface area contributed by atoms with Crippen LogP contribution in [0.2, 0.25) is 5.02 Å². The fourth-order valence-corrected chi connectivity index (χ4v) is 6.25. The molecule has 3 amide bonds. The summed E-state index contributed by atoms with van der Waals surface area (Å²) >= 11 is 6.57. The first-order valence-corrected chi connectivity index (χ1v) is 16.5. The van der Waals surface area contributed by atoms with Gasteiger partial charge in [-0.25, -0.2) is 24.2 Å². The van der Waals surface area contributed by atoms with Crippen molar-refractivity contribution in [1.82, 2.24) is 40.5 Å². The standard InChI is InChI=1S/C34H36ClF2N9O5/c1-18-39-27(44-43-18)24-13-20(7-12-25(24)35)26(16-51-32(50)40-23-10-11-23)46-28(47)34(17-33(2,3)4,42-30(46)41-31(48)49)22-8-5-19(6-9-22)21-14-38-45(15-21)29(36)37/h5-9,12-15,23,26,29H,10-11,16-17H2,1-4H3,(H,40,50)(H,41,42)(H,48,49)(H,39,43,44)/t26?,34-/m1/s1. The third-order valence-corrected chi connectivity index (χ3v) is 8.73. The number of amides is 3. The van der Waals surface area contributed by atoms with E-state index in [1.165, 1.54) is 17.3 Å². The Kier molecular flexibility index (Phi) is 9.55. The second-order valence-electron chi connectivity index (χ2n) is 13.7. The third kappa shape index (κ3) is 7.70. The van der Waals surface area contributed by atoms with Gasteiger partial charge in [0.1, 0.15) is 12.4 Å². The largest absolute Gasteiger partial charge is 0.465 e. The van der Waals surface area contributed by atoms with Crippen molar-refractivity contribution in [3.63, 3.8) is 0 Å². The number of nitrogens with zero attached hydrogens (tertiary/aromatic N) is 6. The number of hydrogen-bond acceptors (Lipinski definition) is 8. The lowest BCUT2D eigenvalue weighted by atomic mass is 9.75. The molecule has 4 aromatic rings. The minimum absolute atomic E-state index is 0.00148. The number of rotatable bonds is 10. The van der Waals surface area contributed by atoms with E-state index < -0.39 is 41.6 Å². The van der Waals surface area contributed by atoms with Crippen LogP contribution in [-0.4, -0.2) is 71.7 Å². The Morgan fingerprint density at radius 3 is 2.47 bits per heavy atom. The summed E-state index contributed by atoms with van der Waals surface area (Å²) in [6.45, 7) is 4.31. The van der Waals surface area contributed by atoms with Crippen LogP contribution in [0.4, 0.5) is 18.4 Å². The molecule has 51 heavy (non-hydrogen) atoms. The third-order valence-electron chi connectivity index (χ3n) is 8.40. The number of aromatic nitrogens is 5. The summed E-state index contributed by atoms with van der Waals surface area (Å²) in [4.78, 5) is 50.5. The highest BCUT2D eigenvalue weighted by Gasteiger charge is 2.54. The number of alkyl carbamates (subject to hydrolysis) is 1. The first-order chi connectivity index (χ1) is 24.1. The van der Waals surface area contributed by atoms with Crippen molar-refractivity contribution >= 4 is 35.7 Å². The number of benzene rings is 2. The van der Waals surface area contributed by atoms with Gasteiger partial charge >= 0.3 is 18.7 Å². The zero-order valence-corrected chi connectivity index (χ0v) is 28.9. The Morgan fingerprint density at radius 2 is 1.88 bits per heavy atom. The van der Waals surface area contributed by atoms with Crippen LogP contribution in [0.3, 0.4) is 0 Å². The summed E-state index contributed by atoms with van der Waals surface area (Å²) in [5, 5.41) is 26.0. The number of aliphatic imine (C=N–C) groups is 1. The molecule has 4 N–H and O–H groups in total. The number of nitrogens with one attached hydrogen (secondary N) is 3. The monoisotopic (exact) mass is 723 g/mol. The Bertz CT molecular complexity index is 1990. The molecule has 2 aliphatic rings. The van der Waals surface area contributed by atoms with Crippen molar-refractivity contribution < 1.29 is 33.0 Å². The maximum Gasteiger partial charge on any atom is 0.411 e. The summed E-state index contributed by atoms with van der Waals surface area (Å²) < 4.78 is 32.6. The number of carboxylic acid groups (broad SMARTS) is 1. The molecule has 3 heterocycles. The van der Waals surface area contributed by atoms with Gasteiger partial charge < -0.3 is 15.2 Å². The predicted molar refractivity (Wildman–Crippen MR) is 182 cm³/mol. The zero-order valence-electron chi connectivity index (χ0n) is 28.2. The second kappa shape index (κ2) is 13.7. The summed E-state index contributed by atoms with van der Waals surface area (Å²) in [6, 6.07) is 10.4. The van der Waals surface area contributed by atoms with Crippen LogP contribution in [0.5, 0.6) is 0 Å². The number of hydrogen-bond donors (Lipinski definition) is 4. The number of alkyl halides is 2. The first kappa shape index (κ1) is 35.4. The average molecular weight is 724 g/mol. The molecule has 1 unspecified atom stereocenters. The van der Waals surface area contributed by atoms with E-state index in [2.05, 4.69) is 30.9 Å². The first-order valence-electron chi connectivity index (χ1n) is 16.1. The van der Waals surface area contributed by atoms with E-state index in [1.54, 1.807) is 49.4 Å². The summed E-state index contributed by atoms with van der Waals surface area (Å²) in [5.41, 5.74) is 0.121. The minimum Gasteiger partial charge on any atom is -0.465 e. The van der Waals surface area contributed by atoms with Gasteiger partial charge in [0.2, 0.25) is 5.96 Å². The molecular formula is C34H36ClF2N9O5. The maximum atomic E-state index is 15.1. The van der Waals surface area contributed by atoms with E-state index >= 15 is 4.79 Å². The maximum absolute atomic E-state index is 15.1. The molecule has 0 bridgehead atoms. The number of H-pyrrole nitrogens is 1. The van der Waals surface area contributed by atoms with E-state index in [1.807, 2.05) is 20.8 Å². The highest BCUT2D eigenvalue weighted by Crippen LogP contribution is 2.46.